The monoisotopic (exact) mass is 199 g/mol. The van der Waals surface area contributed by atoms with E-state index in [9.17, 15) is 4.79 Å². The Kier molecular flexibility index (Phi) is 4.51. The Balaban J connectivity index is 2.38. The Bertz CT molecular complexity index is 188. The summed E-state index contributed by atoms with van der Waals surface area (Å²) in [5.74, 6) is 0.438. The van der Waals surface area contributed by atoms with Crippen LogP contribution in [0.2, 0.25) is 0 Å². The quantitative estimate of drug-likeness (QED) is 0.629. The molecular formula is C10H21N3O. The summed E-state index contributed by atoms with van der Waals surface area (Å²) < 4.78 is 0. The van der Waals surface area contributed by atoms with Crippen LogP contribution in [-0.4, -0.2) is 57.0 Å². The van der Waals surface area contributed by atoms with Gasteiger partial charge in [0.25, 0.3) is 0 Å². The molecule has 0 aromatic heterocycles. The average Bonchev–Trinajstić information content (AvgIpc) is 2.17. The zero-order valence-corrected chi connectivity index (χ0v) is 9.34. The number of piperazine rings is 1. The first-order chi connectivity index (χ1) is 6.61. The highest BCUT2D eigenvalue weighted by atomic mass is 16.1. The SMILES string of the molecule is CC(CN(C)C)C(=O)C1CNCCN1. The van der Waals surface area contributed by atoms with Crippen LogP contribution >= 0.6 is 0 Å². The average molecular weight is 199 g/mol. The molecule has 14 heavy (non-hydrogen) atoms. The molecule has 4 nitrogen and oxygen atoms in total. The summed E-state index contributed by atoms with van der Waals surface area (Å²) in [7, 11) is 3.99. The summed E-state index contributed by atoms with van der Waals surface area (Å²) in [5.41, 5.74) is 0. The van der Waals surface area contributed by atoms with Crippen molar-refractivity contribution in [2.75, 3.05) is 40.3 Å². The minimum atomic E-state index is 0.0127. The maximum absolute atomic E-state index is 11.9. The van der Waals surface area contributed by atoms with Crippen LogP contribution in [0.3, 0.4) is 0 Å². The van der Waals surface area contributed by atoms with E-state index < -0.39 is 0 Å². The van der Waals surface area contributed by atoms with Crippen molar-refractivity contribution in [1.29, 1.82) is 0 Å². The molecule has 1 heterocycles. The van der Waals surface area contributed by atoms with Crippen molar-refractivity contribution in [1.82, 2.24) is 15.5 Å². The van der Waals surface area contributed by atoms with Gasteiger partial charge >= 0.3 is 0 Å². The van der Waals surface area contributed by atoms with Gasteiger partial charge in [-0.15, -0.1) is 0 Å². The molecule has 0 spiro atoms. The Morgan fingerprint density at radius 2 is 2.21 bits per heavy atom. The number of hydrogen-bond acceptors (Lipinski definition) is 4. The molecule has 1 rings (SSSR count). The van der Waals surface area contributed by atoms with Gasteiger partial charge in [0.05, 0.1) is 6.04 Å². The Morgan fingerprint density at radius 1 is 1.50 bits per heavy atom. The van der Waals surface area contributed by atoms with Crippen LogP contribution in [0.25, 0.3) is 0 Å². The van der Waals surface area contributed by atoms with Gasteiger partial charge in [-0.05, 0) is 14.1 Å². The second-order valence-corrected chi connectivity index (χ2v) is 4.28. The summed E-state index contributed by atoms with van der Waals surface area (Å²) in [6, 6.07) is 0.0127. The summed E-state index contributed by atoms with van der Waals surface area (Å²) in [5, 5.41) is 6.47. The first-order valence-electron chi connectivity index (χ1n) is 5.24. The molecule has 1 aliphatic rings. The molecule has 82 valence electrons. The van der Waals surface area contributed by atoms with Gasteiger partial charge in [-0.2, -0.15) is 0 Å². The van der Waals surface area contributed by atoms with Crippen molar-refractivity contribution >= 4 is 5.78 Å². The molecule has 0 aromatic carbocycles. The predicted octanol–water partition coefficient (Wildman–Crippen LogP) is -0.685. The number of Topliss-reactive ketones (excluding diaryl/α,β-unsaturated/α-hetero) is 1. The van der Waals surface area contributed by atoms with E-state index in [0.29, 0.717) is 5.78 Å². The standard InChI is InChI=1S/C10H21N3O/c1-8(7-13(2)3)10(14)9-6-11-4-5-12-9/h8-9,11-12H,4-7H2,1-3H3. The van der Waals surface area contributed by atoms with Gasteiger partial charge in [-0.25, -0.2) is 0 Å². The van der Waals surface area contributed by atoms with Crippen LogP contribution in [-0.2, 0) is 4.79 Å². The lowest BCUT2D eigenvalue weighted by atomic mass is 9.98. The number of rotatable bonds is 4. The number of carbonyl (C=O) groups is 1. The lowest BCUT2D eigenvalue weighted by Crippen LogP contribution is -2.54. The lowest BCUT2D eigenvalue weighted by Gasteiger charge is -2.26. The van der Waals surface area contributed by atoms with Gasteiger partial charge in [0.2, 0.25) is 0 Å². The normalized spacial score (nSPS) is 25.0. The van der Waals surface area contributed by atoms with Crippen molar-refractivity contribution in [3.8, 4) is 0 Å². The van der Waals surface area contributed by atoms with Crippen LogP contribution in [0.1, 0.15) is 6.92 Å². The molecule has 0 saturated carbocycles. The van der Waals surface area contributed by atoms with E-state index in [-0.39, 0.29) is 12.0 Å². The number of hydrogen-bond donors (Lipinski definition) is 2. The van der Waals surface area contributed by atoms with Gasteiger partial charge in [0.15, 0.2) is 5.78 Å². The van der Waals surface area contributed by atoms with Crippen molar-refractivity contribution in [2.45, 2.75) is 13.0 Å². The minimum absolute atomic E-state index is 0.0127. The minimum Gasteiger partial charge on any atom is -0.313 e. The third kappa shape index (κ3) is 3.36. The second kappa shape index (κ2) is 5.44. The fourth-order valence-corrected chi connectivity index (χ4v) is 1.84. The third-order valence-electron chi connectivity index (χ3n) is 2.51. The summed E-state index contributed by atoms with van der Waals surface area (Å²) in [4.78, 5) is 14.0. The van der Waals surface area contributed by atoms with Gasteiger partial charge in [0.1, 0.15) is 0 Å². The predicted molar refractivity (Wildman–Crippen MR) is 57.4 cm³/mol. The van der Waals surface area contributed by atoms with Crippen molar-refractivity contribution < 1.29 is 4.79 Å². The fourth-order valence-electron chi connectivity index (χ4n) is 1.84. The smallest absolute Gasteiger partial charge is 0.155 e. The maximum Gasteiger partial charge on any atom is 0.155 e. The number of nitrogens with zero attached hydrogens (tertiary/aromatic N) is 1. The van der Waals surface area contributed by atoms with E-state index in [2.05, 4.69) is 15.5 Å². The van der Waals surface area contributed by atoms with Crippen LogP contribution in [0.5, 0.6) is 0 Å². The van der Waals surface area contributed by atoms with Gasteiger partial charge in [-0.1, -0.05) is 6.92 Å². The maximum atomic E-state index is 11.9. The number of carbonyl (C=O) groups excluding carboxylic acids is 1. The van der Waals surface area contributed by atoms with Crippen LogP contribution < -0.4 is 10.6 Å². The van der Waals surface area contributed by atoms with Crippen molar-refractivity contribution in [3.05, 3.63) is 0 Å². The fraction of sp³-hybridized carbons (Fsp3) is 0.900. The molecule has 1 fully saturated rings. The molecule has 0 amide bonds. The molecule has 1 saturated heterocycles. The molecule has 0 aromatic rings. The topological polar surface area (TPSA) is 44.4 Å². The highest BCUT2D eigenvalue weighted by Gasteiger charge is 2.24. The largest absolute Gasteiger partial charge is 0.313 e. The lowest BCUT2D eigenvalue weighted by molar-refractivity contribution is -0.125. The molecule has 0 bridgehead atoms. The molecule has 0 radical (unpaired) electrons. The van der Waals surface area contributed by atoms with Crippen LogP contribution in [0, 0.1) is 5.92 Å². The molecule has 2 unspecified atom stereocenters. The van der Waals surface area contributed by atoms with Gasteiger partial charge in [-0.3, -0.25) is 4.79 Å². The Morgan fingerprint density at radius 3 is 2.71 bits per heavy atom. The zero-order chi connectivity index (χ0) is 10.6. The van der Waals surface area contributed by atoms with Crippen LogP contribution in [0.4, 0.5) is 0 Å². The van der Waals surface area contributed by atoms with E-state index in [0.717, 1.165) is 26.2 Å². The molecule has 4 heteroatoms. The van der Waals surface area contributed by atoms with E-state index in [4.69, 9.17) is 0 Å². The molecule has 0 aliphatic carbocycles. The Labute approximate surface area is 86.0 Å². The number of nitrogens with one attached hydrogen (secondary N) is 2. The van der Waals surface area contributed by atoms with E-state index >= 15 is 0 Å². The summed E-state index contributed by atoms with van der Waals surface area (Å²) in [6.07, 6.45) is 0. The Hall–Kier alpha value is -0.450. The molecule has 1 aliphatic heterocycles. The first-order valence-corrected chi connectivity index (χ1v) is 5.24. The molecular weight excluding hydrogens is 178 g/mol. The molecule has 2 atom stereocenters. The summed E-state index contributed by atoms with van der Waals surface area (Å²) in [6.45, 7) is 5.46. The molecule has 2 N–H and O–H groups in total. The zero-order valence-electron chi connectivity index (χ0n) is 9.34. The van der Waals surface area contributed by atoms with E-state index in [1.54, 1.807) is 0 Å². The number of ketones is 1. The van der Waals surface area contributed by atoms with Crippen LogP contribution in [0.15, 0.2) is 0 Å². The van der Waals surface area contributed by atoms with Gasteiger partial charge in [0, 0.05) is 32.1 Å². The first kappa shape index (κ1) is 11.6. The third-order valence-corrected chi connectivity index (χ3v) is 2.51. The van der Waals surface area contributed by atoms with Crippen molar-refractivity contribution in [2.24, 2.45) is 5.92 Å². The van der Waals surface area contributed by atoms with Gasteiger partial charge < -0.3 is 15.5 Å². The second-order valence-electron chi connectivity index (χ2n) is 4.28. The highest BCUT2D eigenvalue weighted by Crippen LogP contribution is 2.03. The summed E-state index contributed by atoms with van der Waals surface area (Å²) >= 11 is 0. The highest BCUT2D eigenvalue weighted by molar-refractivity contribution is 5.86. The van der Waals surface area contributed by atoms with E-state index in [1.807, 2.05) is 21.0 Å². The van der Waals surface area contributed by atoms with Crippen molar-refractivity contribution in [3.63, 3.8) is 0 Å². The van der Waals surface area contributed by atoms with E-state index in [1.165, 1.54) is 0 Å².